The van der Waals surface area contributed by atoms with E-state index in [1.54, 1.807) is 0 Å². The van der Waals surface area contributed by atoms with Gasteiger partial charge in [-0.15, -0.1) is 0 Å². The van der Waals surface area contributed by atoms with Gasteiger partial charge in [0.05, 0.1) is 26.4 Å². The van der Waals surface area contributed by atoms with Crippen LogP contribution in [0.1, 0.15) is 12.8 Å². The van der Waals surface area contributed by atoms with E-state index in [0.29, 0.717) is 26.4 Å². The second-order valence-corrected chi connectivity index (χ2v) is 39.2. The molecule has 0 radical (unpaired) electrons. The molecule has 0 saturated carbocycles. The van der Waals surface area contributed by atoms with E-state index in [4.69, 9.17) is 60.1 Å². The van der Waals surface area contributed by atoms with Crippen molar-refractivity contribution in [2.75, 3.05) is 39.6 Å². The van der Waals surface area contributed by atoms with Gasteiger partial charge in [-0.3, -0.25) is 0 Å². The van der Waals surface area contributed by atoms with Crippen LogP contribution in [0, 0.1) is 0 Å². The number of hydrogen-bond donors (Lipinski definition) is 0. The molecular formula is C27H58O14Si9. The summed E-state index contributed by atoms with van der Waals surface area (Å²) in [5, 5.41) is 0.925. The molecule has 1 aromatic carbocycles. The Kier molecular flexibility index (Phi) is 15.1. The van der Waals surface area contributed by atoms with Crippen LogP contribution in [0.2, 0.25) is 71.0 Å². The molecular weight excluding hydrogens is 801 g/mol. The summed E-state index contributed by atoms with van der Waals surface area (Å²) in [7, 11) is -24.0. The van der Waals surface area contributed by atoms with Gasteiger partial charge in [-0.05, 0) is 75.9 Å². The highest BCUT2D eigenvalue weighted by molar-refractivity contribution is 6.95. The van der Waals surface area contributed by atoms with Crippen molar-refractivity contribution < 1.29 is 60.1 Å². The Morgan fingerprint density at radius 2 is 0.980 bits per heavy atom. The zero-order chi connectivity index (χ0) is 36.0. The summed E-state index contributed by atoms with van der Waals surface area (Å²) >= 11 is 0. The summed E-state index contributed by atoms with van der Waals surface area (Å²) in [6, 6.07) is 11.6. The molecule has 23 heteroatoms. The van der Waals surface area contributed by atoms with Crippen molar-refractivity contribution in [3.8, 4) is 0 Å². The van der Waals surface area contributed by atoms with E-state index in [1.165, 1.54) is 0 Å². The molecule has 6 atom stereocenters. The molecule has 4 saturated heterocycles. The minimum Gasteiger partial charge on any atom is -0.418 e. The first kappa shape index (κ1) is 41.8. The number of epoxide rings is 2. The zero-order valence-corrected chi connectivity index (χ0v) is 40.8. The van der Waals surface area contributed by atoms with E-state index < -0.39 is 80.4 Å². The monoisotopic (exact) mass is 858 g/mol. The van der Waals surface area contributed by atoms with Crippen LogP contribution in [0.3, 0.4) is 0 Å². The molecule has 0 aromatic heterocycles. The van der Waals surface area contributed by atoms with Crippen LogP contribution in [0.4, 0.5) is 0 Å². The maximum absolute atomic E-state index is 7.10. The first-order chi connectivity index (χ1) is 23.6. The van der Waals surface area contributed by atoms with Crippen LogP contribution in [0.5, 0.6) is 0 Å². The van der Waals surface area contributed by atoms with Crippen molar-refractivity contribution in [1.82, 2.24) is 0 Å². The highest BCUT2D eigenvalue weighted by Crippen LogP contribution is 2.32. The van der Waals surface area contributed by atoms with Gasteiger partial charge in [0.1, 0.15) is 12.2 Å². The maximum Gasteiger partial charge on any atom is 0.470 e. The predicted molar refractivity (Wildman–Crippen MR) is 207 cm³/mol. The standard InChI is InChI=1S/C27H58O14Si9/c1-42-32-46(5,19-13-17-28-21-25-23-30-25)33-43(2)37-49(8,36-42)40-48(7,27-15-11-10-12-16-27)41-50(9)38-44(3)34-47(6,35-45(4)39-50)20-14-18-29-22-26-24-31-26/h10-12,15-16,25-26,42-45H,13-14,17-24H2,1-9H3. The summed E-state index contributed by atoms with van der Waals surface area (Å²) in [5.41, 5.74) is 0. The van der Waals surface area contributed by atoms with Gasteiger partial charge in [-0.25, -0.2) is 0 Å². The van der Waals surface area contributed by atoms with Crippen LogP contribution >= 0.6 is 0 Å². The average Bonchev–Trinajstić information content (AvgIpc) is 3.91. The van der Waals surface area contributed by atoms with Gasteiger partial charge in [0.2, 0.25) is 0 Å². The van der Waals surface area contributed by atoms with E-state index in [1.807, 2.05) is 76.2 Å². The average molecular weight is 860 g/mol. The van der Waals surface area contributed by atoms with Crippen molar-refractivity contribution in [1.29, 1.82) is 0 Å². The van der Waals surface area contributed by atoms with Crippen molar-refractivity contribution in [3.05, 3.63) is 30.3 Å². The molecule has 50 heavy (non-hydrogen) atoms. The lowest BCUT2D eigenvalue weighted by Crippen LogP contribution is -2.69. The molecule has 0 N–H and O–H groups in total. The lowest BCUT2D eigenvalue weighted by atomic mass is 10.4. The topological polar surface area (TPSA) is 136 Å². The van der Waals surface area contributed by atoms with Gasteiger partial charge in [-0.2, -0.15) is 0 Å². The lowest BCUT2D eigenvalue weighted by Gasteiger charge is -2.46. The summed E-state index contributed by atoms with van der Waals surface area (Å²) in [6.07, 6.45) is 2.22. The quantitative estimate of drug-likeness (QED) is 0.129. The fraction of sp³-hybridized carbons (Fsp3) is 0.778. The van der Waals surface area contributed by atoms with Crippen molar-refractivity contribution in [2.24, 2.45) is 0 Å². The van der Waals surface area contributed by atoms with Gasteiger partial charge >= 0.3 is 80.4 Å². The molecule has 14 nitrogen and oxygen atoms in total. The Balaban J connectivity index is 1.24. The molecule has 1 aromatic rings. The van der Waals surface area contributed by atoms with Crippen LogP contribution in [0.25, 0.3) is 0 Å². The van der Waals surface area contributed by atoms with Crippen molar-refractivity contribution >= 4 is 85.6 Å². The third kappa shape index (κ3) is 13.4. The van der Waals surface area contributed by atoms with Crippen molar-refractivity contribution in [2.45, 2.75) is 96.1 Å². The second kappa shape index (κ2) is 18.0. The molecule has 6 unspecified atom stereocenters. The van der Waals surface area contributed by atoms with Gasteiger partial charge in [-0.1, -0.05) is 30.3 Å². The third-order valence-electron chi connectivity index (χ3n) is 8.49. The summed E-state index contributed by atoms with van der Waals surface area (Å²) in [5.74, 6) is 0. The fourth-order valence-corrected chi connectivity index (χ4v) is 46.7. The summed E-state index contributed by atoms with van der Waals surface area (Å²) in [6.45, 7) is 22.4. The molecule has 4 heterocycles. The predicted octanol–water partition coefficient (Wildman–Crippen LogP) is 2.45. The third-order valence-corrected chi connectivity index (χ3v) is 43.9. The van der Waals surface area contributed by atoms with E-state index in [-0.39, 0.29) is 12.2 Å². The van der Waals surface area contributed by atoms with E-state index in [9.17, 15) is 0 Å². The first-order valence-corrected chi connectivity index (χ1v) is 38.1. The molecule has 0 aliphatic carbocycles. The Morgan fingerprint density at radius 3 is 1.32 bits per heavy atom. The minimum absolute atomic E-state index is 0.258. The Labute approximate surface area is 310 Å². The molecule has 4 aliphatic rings. The molecule has 0 spiro atoms. The summed E-state index contributed by atoms with van der Waals surface area (Å²) < 4.78 is 89.8. The molecule has 5 rings (SSSR count). The molecule has 4 fully saturated rings. The Hall–Kier alpha value is 0.612. The normalized spacial score (nSPS) is 40.6. The van der Waals surface area contributed by atoms with Crippen LogP contribution in [-0.2, 0) is 60.1 Å². The number of hydrogen-bond acceptors (Lipinski definition) is 14. The van der Waals surface area contributed by atoms with Gasteiger partial charge in [0.25, 0.3) is 0 Å². The maximum atomic E-state index is 7.10. The van der Waals surface area contributed by atoms with Gasteiger partial charge < -0.3 is 60.1 Å². The highest BCUT2D eigenvalue weighted by Gasteiger charge is 2.57. The first-order valence-electron chi connectivity index (χ1n) is 17.8. The largest absolute Gasteiger partial charge is 0.470 e. The SMILES string of the molecule is C[SiH]1O[Si](C)(CCCOCC2CO2)O[SiH](C)O[Si](C)(O[Si](C)(O[Si]2(C)O[SiH](C)O[Si](C)(CCCOCC3CO3)O[SiH](C)O2)c2ccccc2)O1. The van der Waals surface area contributed by atoms with E-state index >= 15 is 0 Å². The van der Waals surface area contributed by atoms with E-state index in [0.717, 1.165) is 43.3 Å². The second-order valence-electron chi connectivity index (χ2n) is 14.0. The molecule has 4 aliphatic heterocycles. The van der Waals surface area contributed by atoms with Crippen LogP contribution in [-0.4, -0.2) is 132 Å². The van der Waals surface area contributed by atoms with E-state index in [2.05, 4.69) is 13.1 Å². The lowest BCUT2D eigenvalue weighted by molar-refractivity contribution is 0.115. The fourth-order valence-electron chi connectivity index (χ4n) is 6.49. The molecule has 0 amide bonds. The smallest absolute Gasteiger partial charge is 0.418 e. The van der Waals surface area contributed by atoms with Crippen LogP contribution in [0.15, 0.2) is 30.3 Å². The summed E-state index contributed by atoms with van der Waals surface area (Å²) in [4.78, 5) is 0. The number of ether oxygens (including phenoxy) is 4. The Morgan fingerprint density at radius 1 is 0.620 bits per heavy atom. The minimum atomic E-state index is -3.35. The van der Waals surface area contributed by atoms with Gasteiger partial charge in [0, 0.05) is 26.3 Å². The highest BCUT2D eigenvalue weighted by atomic mass is 28.5. The van der Waals surface area contributed by atoms with Crippen molar-refractivity contribution in [3.63, 3.8) is 0 Å². The number of rotatable bonds is 17. The zero-order valence-electron chi connectivity index (χ0n) is 31.1. The van der Waals surface area contributed by atoms with Crippen LogP contribution < -0.4 is 5.19 Å². The number of benzene rings is 1. The molecule has 0 bridgehead atoms. The Bertz CT molecular complexity index is 1110. The van der Waals surface area contributed by atoms with Gasteiger partial charge in [0.15, 0.2) is 0 Å². The molecule has 286 valence electrons.